The number of benzene rings is 2. The van der Waals surface area contributed by atoms with Gasteiger partial charge in [0.25, 0.3) is 10.0 Å². The van der Waals surface area contributed by atoms with Gasteiger partial charge in [-0.3, -0.25) is 9.71 Å². The number of amides is 2. The molecular weight excluding hydrogens is 395 g/mol. The molecule has 1 aliphatic rings. The molecule has 0 bridgehead atoms. The number of fused-ring (bicyclic) bond motifs is 1. The fourth-order valence-electron chi connectivity index (χ4n) is 3.34. The van der Waals surface area contributed by atoms with Crippen molar-refractivity contribution in [2.24, 2.45) is 0 Å². The second-order valence-electron chi connectivity index (χ2n) is 6.72. The lowest BCUT2D eigenvalue weighted by Gasteiger charge is -2.19. The molecule has 1 aliphatic heterocycles. The van der Waals surface area contributed by atoms with Gasteiger partial charge in [0.05, 0.1) is 16.3 Å². The van der Waals surface area contributed by atoms with E-state index < -0.39 is 15.8 Å². The molecule has 2 amide bonds. The molecule has 1 aromatic heterocycles. The predicted molar refractivity (Wildman–Crippen MR) is 109 cm³/mol. The third-order valence-electron chi connectivity index (χ3n) is 4.78. The number of hydrogen-bond acceptors (Lipinski definition) is 4. The van der Waals surface area contributed by atoms with Crippen LogP contribution in [-0.2, 0) is 10.0 Å². The van der Waals surface area contributed by atoms with E-state index in [2.05, 4.69) is 15.0 Å². The van der Waals surface area contributed by atoms with Crippen LogP contribution in [0.1, 0.15) is 12.8 Å². The normalized spacial score (nSPS) is 14.2. The van der Waals surface area contributed by atoms with Gasteiger partial charge in [-0.05, 0) is 49.2 Å². The molecule has 150 valence electrons. The molecular formula is C20H19FN4O3S. The zero-order valence-electron chi connectivity index (χ0n) is 15.4. The van der Waals surface area contributed by atoms with Gasteiger partial charge in [0, 0.05) is 24.7 Å². The van der Waals surface area contributed by atoms with E-state index in [1.807, 2.05) is 0 Å². The van der Waals surface area contributed by atoms with Crippen LogP contribution < -0.4 is 10.0 Å². The van der Waals surface area contributed by atoms with E-state index in [0.717, 1.165) is 18.9 Å². The summed E-state index contributed by atoms with van der Waals surface area (Å²) in [5.41, 5.74) is 0.546. The van der Waals surface area contributed by atoms with Gasteiger partial charge in [0.2, 0.25) is 0 Å². The minimum absolute atomic E-state index is 0.0222. The highest BCUT2D eigenvalue weighted by Gasteiger charge is 2.22. The number of pyridine rings is 1. The number of likely N-dealkylation sites (tertiary alicyclic amines) is 1. The standard InChI is InChI=1S/C20H19FN4O3S/c21-15-9-10-18(14-6-5-11-22-19(14)15)29(27,28)24-17-8-2-1-7-16(17)23-20(26)25-12-3-4-13-25/h1-2,5-11,24H,3-4,12-13H2,(H,23,26). The Morgan fingerprint density at radius 2 is 1.72 bits per heavy atom. The Balaban J connectivity index is 1.66. The van der Waals surface area contributed by atoms with Gasteiger partial charge >= 0.3 is 6.03 Å². The van der Waals surface area contributed by atoms with E-state index in [1.54, 1.807) is 35.2 Å². The second kappa shape index (κ2) is 7.67. The van der Waals surface area contributed by atoms with Crippen LogP contribution in [0.15, 0.2) is 59.6 Å². The third-order valence-corrected chi connectivity index (χ3v) is 6.20. The maximum absolute atomic E-state index is 14.0. The van der Waals surface area contributed by atoms with E-state index in [9.17, 15) is 17.6 Å². The number of rotatable bonds is 4. The zero-order valence-corrected chi connectivity index (χ0v) is 16.2. The molecule has 7 nitrogen and oxygen atoms in total. The molecule has 9 heteroatoms. The number of hydrogen-bond donors (Lipinski definition) is 2. The van der Waals surface area contributed by atoms with Crippen LogP contribution in [0.25, 0.3) is 10.9 Å². The number of halogens is 1. The predicted octanol–water partition coefficient (Wildman–Crippen LogP) is 3.80. The van der Waals surface area contributed by atoms with Gasteiger partial charge in [-0.2, -0.15) is 0 Å². The molecule has 0 aliphatic carbocycles. The van der Waals surface area contributed by atoms with Crippen LogP contribution >= 0.6 is 0 Å². The summed E-state index contributed by atoms with van der Waals surface area (Å²) in [5, 5.41) is 2.94. The molecule has 2 heterocycles. The molecule has 0 spiro atoms. The molecule has 1 fully saturated rings. The van der Waals surface area contributed by atoms with Crippen molar-refractivity contribution >= 4 is 38.3 Å². The van der Waals surface area contributed by atoms with Crippen molar-refractivity contribution in [3.8, 4) is 0 Å². The Hall–Kier alpha value is -3.20. The Morgan fingerprint density at radius 3 is 2.48 bits per heavy atom. The fourth-order valence-corrected chi connectivity index (χ4v) is 4.62. The molecule has 0 saturated carbocycles. The summed E-state index contributed by atoms with van der Waals surface area (Å²) >= 11 is 0. The molecule has 3 aromatic rings. The van der Waals surface area contributed by atoms with Crippen molar-refractivity contribution in [1.82, 2.24) is 9.88 Å². The zero-order chi connectivity index (χ0) is 20.4. The number of carbonyl (C=O) groups excluding carboxylic acids is 1. The topological polar surface area (TPSA) is 91.4 Å². The summed E-state index contributed by atoms with van der Waals surface area (Å²) in [6.45, 7) is 1.35. The first-order chi connectivity index (χ1) is 14.0. The molecule has 0 unspecified atom stereocenters. The highest BCUT2D eigenvalue weighted by atomic mass is 32.2. The maximum Gasteiger partial charge on any atom is 0.321 e. The minimum Gasteiger partial charge on any atom is -0.325 e. The highest BCUT2D eigenvalue weighted by molar-refractivity contribution is 7.93. The Bertz CT molecular complexity index is 1180. The average Bonchev–Trinajstić information content (AvgIpc) is 3.24. The monoisotopic (exact) mass is 414 g/mol. The van der Waals surface area contributed by atoms with Crippen molar-refractivity contribution in [2.45, 2.75) is 17.7 Å². The Labute approximate surface area is 167 Å². The van der Waals surface area contributed by atoms with Crippen LogP contribution in [0.4, 0.5) is 20.6 Å². The number of anilines is 2. The lowest BCUT2D eigenvalue weighted by molar-refractivity contribution is 0.222. The third kappa shape index (κ3) is 3.86. The summed E-state index contributed by atoms with van der Waals surface area (Å²) in [5.74, 6) is -0.599. The van der Waals surface area contributed by atoms with E-state index in [-0.39, 0.29) is 27.5 Å². The molecule has 2 N–H and O–H groups in total. The van der Waals surface area contributed by atoms with Gasteiger partial charge in [0.1, 0.15) is 11.3 Å². The summed E-state index contributed by atoms with van der Waals surface area (Å²) in [6.07, 6.45) is 3.30. The van der Waals surface area contributed by atoms with Gasteiger partial charge in [-0.25, -0.2) is 17.6 Å². The number of para-hydroxylation sites is 2. The minimum atomic E-state index is -4.06. The lowest BCUT2D eigenvalue weighted by atomic mass is 10.2. The summed E-state index contributed by atoms with van der Waals surface area (Å²) in [4.78, 5) is 17.9. The van der Waals surface area contributed by atoms with Crippen LogP contribution in [0, 0.1) is 5.82 Å². The van der Waals surface area contributed by atoms with Gasteiger partial charge in [0.15, 0.2) is 0 Å². The first-order valence-electron chi connectivity index (χ1n) is 9.17. The lowest BCUT2D eigenvalue weighted by Crippen LogP contribution is -2.32. The van der Waals surface area contributed by atoms with Crippen molar-refractivity contribution < 1.29 is 17.6 Å². The van der Waals surface area contributed by atoms with Crippen molar-refractivity contribution in [3.63, 3.8) is 0 Å². The van der Waals surface area contributed by atoms with E-state index in [4.69, 9.17) is 0 Å². The molecule has 0 atom stereocenters. The van der Waals surface area contributed by atoms with Crippen LogP contribution in [0.3, 0.4) is 0 Å². The van der Waals surface area contributed by atoms with Crippen molar-refractivity contribution in [2.75, 3.05) is 23.1 Å². The van der Waals surface area contributed by atoms with Crippen molar-refractivity contribution in [1.29, 1.82) is 0 Å². The number of carbonyl (C=O) groups is 1. The van der Waals surface area contributed by atoms with E-state index >= 15 is 0 Å². The number of aromatic nitrogens is 1. The van der Waals surface area contributed by atoms with Gasteiger partial charge in [-0.15, -0.1) is 0 Å². The van der Waals surface area contributed by atoms with Crippen LogP contribution in [0.5, 0.6) is 0 Å². The molecule has 0 radical (unpaired) electrons. The Morgan fingerprint density at radius 1 is 1.00 bits per heavy atom. The molecule has 29 heavy (non-hydrogen) atoms. The van der Waals surface area contributed by atoms with E-state index in [1.165, 1.54) is 18.3 Å². The fraction of sp³-hybridized carbons (Fsp3) is 0.200. The largest absolute Gasteiger partial charge is 0.325 e. The van der Waals surface area contributed by atoms with Crippen molar-refractivity contribution in [3.05, 3.63) is 60.5 Å². The maximum atomic E-state index is 14.0. The number of urea groups is 1. The summed E-state index contributed by atoms with van der Waals surface area (Å²) < 4.78 is 42.6. The van der Waals surface area contributed by atoms with Gasteiger partial charge in [-0.1, -0.05) is 12.1 Å². The van der Waals surface area contributed by atoms with Crippen LogP contribution in [0.2, 0.25) is 0 Å². The smallest absolute Gasteiger partial charge is 0.321 e. The Kier molecular flexibility index (Phi) is 5.06. The molecule has 4 rings (SSSR count). The summed E-state index contributed by atoms with van der Waals surface area (Å²) in [7, 11) is -4.06. The average molecular weight is 414 g/mol. The first-order valence-corrected chi connectivity index (χ1v) is 10.6. The van der Waals surface area contributed by atoms with Crippen LogP contribution in [-0.4, -0.2) is 37.4 Å². The van der Waals surface area contributed by atoms with Gasteiger partial charge < -0.3 is 10.2 Å². The first kappa shape index (κ1) is 19.1. The highest BCUT2D eigenvalue weighted by Crippen LogP contribution is 2.29. The molecule has 1 saturated heterocycles. The molecule has 2 aromatic carbocycles. The second-order valence-corrected chi connectivity index (χ2v) is 8.37. The number of nitrogens with one attached hydrogen (secondary N) is 2. The summed E-state index contributed by atoms with van der Waals surface area (Å²) in [6, 6.07) is 11.6. The SMILES string of the molecule is O=C(Nc1ccccc1NS(=O)(=O)c1ccc(F)c2ncccc12)N1CCCC1. The van der Waals surface area contributed by atoms with E-state index in [0.29, 0.717) is 18.8 Å². The quantitative estimate of drug-likeness (QED) is 0.679. The number of nitrogens with zero attached hydrogens (tertiary/aromatic N) is 2. The number of sulfonamides is 1.